The van der Waals surface area contributed by atoms with Crippen LogP contribution in [0.15, 0.2) is 24.3 Å². The summed E-state index contributed by atoms with van der Waals surface area (Å²) in [6, 6.07) is 7.29. The molecular formula is C17H21ClF3S+. The van der Waals surface area contributed by atoms with Crippen LogP contribution < -0.4 is 0 Å². The van der Waals surface area contributed by atoms with Crippen LogP contribution in [0, 0.1) is 0 Å². The number of aryl methyl sites for hydroxylation is 1. The molecule has 1 heterocycles. The van der Waals surface area contributed by atoms with E-state index in [2.05, 4.69) is 0 Å². The van der Waals surface area contributed by atoms with Crippen LogP contribution in [0.5, 0.6) is 0 Å². The minimum atomic E-state index is -4.15. The molecule has 0 bridgehead atoms. The summed E-state index contributed by atoms with van der Waals surface area (Å²) in [5, 5.41) is 0.848. The van der Waals surface area contributed by atoms with Gasteiger partial charge in [-0.2, -0.15) is 0 Å². The maximum Gasteiger partial charge on any atom is 0.600 e. The Morgan fingerprint density at radius 1 is 1.14 bits per heavy atom. The lowest BCUT2D eigenvalue weighted by Gasteiger charge is -2.18. The second-order valence-electron chi connectivity index (χ2n) is 5.82. The highest BCUT2D eigenvalue weighted by Crippen LogP contribution is 2.55. The molecule has 22 heavy (non-hydrogen) atoms. The summed E-state index contributed by atoms with van der Waals surface area (Å²) in [7, 11) is -1.71. The Hall–Kier alpha value is -0.740. The molecule has 1 unspecified atom stereocenters. The third-order valence-corrected chi connectivity index (χ3v) is 6.70. The van der Waals surface area contributed by atoms with Gasteiger partial charge in [-0.05, 0) is 30.9 Å². The largest absolute Gasteiger partial charge is 0.600 e. The van der Waals surface area contributed by atoms with E-state index in [0.717, 1.165) is 49.5 Å². The van der Waals surface area contributed by atoms with Crippen LogP contribution in [-0.2, 0) is 11.9 Å². The Labute approximate surface area is 138 Å². The molecule has 1 saturated carbocycles. The molecule has 0 amide bonds. The van der Waals surface area contributed by atoms with Crippen molar-refractivity contribution in [3.05, 3.63) is 34.7 Å². The van der Waals surface area contributed by atoms with E-state index in [1.165, 1.54) is 0 Å². The Morgan fingerprint density at radius 3 is 2.41 bits per heavy atom. The highest BCUT2D eigenvalue weighted by Gasteiger charge is 2.49. The molecule has 1 fully saturated rings. The molecule has 122 valence electrons. The van der Waals surface area contributed by atoms with Crippen LogP contribution in [0.2, 0.25) is 0 Å². The molecule has 3 rings (SSSR count). The van der Waals surface area contributed by atoms with Crippen molar-refractivity contribution in [1.82, 2.24) is 0 Å². The van der Waals surface area contributed by atoms with Crippen molar-refractivity contribution in [2.45, 2.75) is 56.9 Å². The van der Waals surface area contributed by atoms with E-state index in [0.29, 0.717) is 9.58 Å². The van der Waals surface area contributed by atoms with Gasteiger partial charge < -0.3 is 0 Å². The number of benzene rings is 1. The number of halogens is 4. The fourth-order valence-corrected chi connectivity index (χ4v) is 5.70. The van der Waals surface area contributed by atoms with Crippen molar-refractivity contribution in [2.75, 3.05) is 0 Å². The van der Waals surface area contributed by atoms with Gasteiger partial charge in [0.15, 0.2) is 9.58 Å². The SMILES string of the molecule is CCc1cccc2c1cc(C1CCCCC1)[s+]2C(F)(F)F.Cl. The fourth-order valence-electron chi connectivity index (χ4n) is 3.50. The van der Waals surface area contributed by atoms with Gasteiger partial charge >= 0.3 is 5.51 Å². The highest BCUT2D eigenvalue weighted by atomic mass is 35.5. The molecule has 2 aromatic rings. The lowest BCUT2D eigenvalue weighted by molar-refractivity contribution is -0.0868. The zero-order valence-electron chi connectivity index (χ0n) is 12.6. The Balaban J connectivity index is 0.00000176. The number of fused-ring (bicyclic) bond motifs is 1. The van der Waals surface area contributed by atoms with Crippen LogP contribution in [0.3, 0.4) is 0 Å². The van der Waals surface area contributed by atoms with E-state index in [4.69, 9.17) is 0 Å². The van der Waals surface area contributed by atoms with Crippen molar-refractivity contribution in [3.8, 4) is 0 Å². The lowest BCUT2D eigenvalue weighted by atomic mass is 9.88. The maximum absolute atomic E-state index is 13.7. The predicted octanol–water partition coefficient (Wildman–Crippen LogP) is 7.10. The maximum atomic E-state index is 13.7. The zero-order chi connectivity index (χ0) is 15.0. The Kier molecular flexibility index (Phi) is 5.44. The monoisotopic (exact) mass is 349 g/mol. The third kappa shape index (κ3) is 3.13. The lowest BCUT2D eigenvalue weighted by Crippen LogP contribution is -2.06. The summed E-state index contributed by atoms with van der Waals surface area (Å²) < 4.78 is 41.5. The zero-order valence-corrected chi connectivity index (χ0v) is 14.2. The normalized spacial score (nSPS) is 17.5. The van der Waals surface area contributed by atoms with E-state index in [1.807, 2.05) is 19.1 Å². The molecule has 0 N–H and O–H groups in total. The van der Waals surface area contributed by atoms with Crippen LogP contribution in [0.1, 0.15) is 55.4 Å². The summed E-state index contributed by atoms with van der Waals surface area (Å²) >= 11 is 0. The second-order valence-corrected chi connectivity index (χ2v) is 7.80. The van der Waals surface area contributed by atoms with Crippen LogP contribution in [-0.4, -0.2) is 0 Å². The van der Waals surface area contributed by atoms with Crippen molar-refractivity contribution in [3.63, 3.8) is 0 Å². The van der Waals surface area contributed by atoms with Gasteiger partial charge in [0.05, 0.1) is 10.5 Å². The Bertz CT molecular complexity index is 639. The molecule has 0 radical (unpaired) electrons. The smallest absolute Gasteiger partial charge is 0.147 e. The molecule has 1 aliphatic rings. The first-order chi connectivity index (χ1) is 10.0. The first kappa shape index (κ1) is 17.6. The molecule has 1 aromatic heterocycles. The number of rotatable bonds is 2. The summed E-state index contributed by atoms with van der Waals surface area (Å²) in [6.07, 6.45) is 5.91. The van der Waals surface area contributed by atoms with Gasteiger partial charge in [0.25, 0.3) is 0 Å². The summed E-state index contributed by atoms with van der Waals surface area (Å²) in [5.74, 6) is 0.126. The summed E-state index contributed by atoms with van der Waals surface area (Å²) in [5.41, 5.74) is -3.11. The topological polar surface area (TPSA) is 0 Å². The van der Waals surface area contributed by atoms with Crippen molar-refractivity contribution in [2.24, 2.45) is 0 Å². The average molecular weight is 350 g/mol. The molecule has 1 aliphatic carbocycles. The molecule has 0 nitrogen and oxygen atoms in total. The first-order valence-corrected chi connectivity index (χ1v) is 8.89. The second kappa shape index (κ2) is 6.79. The Morgan fingerprint density at radius 2 is 1.82 bits per heavy atom. The van der Waals surface area contributed by atoms with Crippen molar-refractivity contribution < 1.29 is 13.2 Å². The van der Waals surface area contributed by atoms with E-state index < -0.39 is 16.0 Å². The van der Waals surface area contributed by atoms with Crippen molar-refractivity contribution >= 4 is 33.0 Å². The molecule has 0 spiro atoms. The van der Waals surface area contributed by atoms with Gasteiger partial charge in [0.1, 0.15) is 0 Å². The standard InChI is InChI=1S/C17H20F3S.ClH/c1-2-12-9-6-10-15-14(12)11-16(21(15)17(18,19)20)13-7-4-3-5-8-13;/h6,9-11,13H,2-5,7-8H2,1H3;1H/q+1;. The van der Waals surface area contributed by atoms with Gasteiger partial charge in [-0.1, -0.05) is 38.3 Å². The van der Waals surface area contributed by atoms with E-state index in [9.17, 15) is 13.2 Å². The first-order valence-electron chi connectivity index (χ1n) is 7.67. The quantitative estimate of drug-likeness (QED) is 0.507. The molecule has 1 aromatic carbocycles. The fraction of sp³-hybridized carbons (Fsp3) is 0.529. The van der Waals surface area contributed by atoms with E-state index in [-0.39, 0.29) is 18.3 Å². The van der Waals surface area contributed by atoms with Gasteiger partial charge in [-0.25, -0.2) is 0 Å². The molecule has 1 atom stereocenters. The number of hydrogen-bond donors (Lipinski definition) is 0. The molecule has 5 heteroatoms. The van der Waals surface area contributed by atoms with Gasteiger partial charge in [0.2, 0.25) is 0 Å². The van der Waals surface area contributed by atoms with Gasteiger partial charge in [0, 0.05) is 17.4 Å². The molecule has 0 saturated heterocycles. The summed E-state index contributed by atoms with van der Waals surface area (Å²) in [6.45, 7) is 2.01. The minimum Gasteiger partial charge on any atom is -0.147 e. The highest BCUT2D eigenvalue weighted by molar-refractivity contribution is 7.38. The minimum absolute atomic E-state index is 0. The van der Waals surface area contributed by atoms with E-state index >= 15 is 0 Å². The van der Waals surface area contributed by atoms with Gasteiger partial charge in [-0.3, -0.25) is 0 Å². The van der Waals surface area contributed by atoms with E-state index in [1.54, 1.807) is 12.1 Å². The predicted molar refractivity (Wildman–Crippen MR) is 90.2 cm³/mol. The molecule has 0 aliphatic heterocycles. The number of thiophene rings is 1. The number of hydrogen-bond acceptors (Lipinski definition) is 0. The van der Waals surface area contributed by atoms with Crippen LogP contribution >= 0.6 is 22.9 Å². The van der Waals surface area contributed by atoms with Crippen LogP contribution in [0.4, 0.5) is 13.2 Å². The number of alkyl halides is 3. The average Bonchev–Trinajstić information content (AvgIpc) is 2.87. The molecular weight excluding hydrogens is 329 g/mol. The van der Waals surface area contributed by atoms with Crippen molar-refractivity contribution in [1.29, 1.82) is 0 Å². The summed E-state index contributed by atoms with van der Waals surface area (Å²) in [4.78, 5) is 0.651. The third-order valence-electron chi connectivity index (χ3n) is 4.52. The van der Waals surface area contributed by atoms with Crippen LogP contribution in [0.25, 0.3) is 10.1 Å². The van der Waals surface area contributed by atoms with Gasteiger partial charge in [-0.15, -0.1) is 25.6 Å².